The van der Waals surface area contributed by atoms with Crippen molar-refractivity contribution in [2.24, 2.45) is 0 Å². The summed E-state index contributed by atoms with van der Waals surface area (Å²) in [6.45, 7) is 7.57. The maximum Gasteiger partial charge on any atom is 0.223 e. The fourth-order valence-corrected chi connectivity index (χ4v) is 2.75. The van der Waals surface area contributed by atoms with E-state index in [1.54, 1.807) is 11.3 Å². The Morgan fingerprint density at radius 3 is 2.84 bits per heavy atom. The number of nitrogens with zero attached hydrogens (tertiary/aromatic N) is 3. The monoisotopic (exact) mass is 280 g/mol. The molecule has 0 spiro atoms. The van der Waals surface area contributed by atoms with Crippen molar-refractivity contribution < 1.29 is 4.74 Å². The fraction of sp³-hybridized carbons (Fsp3) is 0.538. The molecule has 0 saturated carbocycles. The van der Waals surface area contributed by atoms with Crippen LogP contribution >= 0.6 is 11.3 Å². The van der Waals surface area contributed by atoms with E-state index in [0.29, 0.717) is 12.6 Å². The lowest BCUT2D eigenvalue weighted by Crippen LogP contribution is -2.25. The van der Waals surface area contributed by atoms with Gasteiger partial charge in [-0.3, -0.25) is 0 Å². The predicted molar refractivity (Wildman–Crippen MR) is 80.9 cm³/mol. The summed E-state index contributed by atoms with van der Waals surface area (Å²) in [5, 5.41) is 1.06. The minimum Gasteiger partial charge on any atom is -0.377 e. The zero-order chi connectivity index (χ0) is 14.0. The van der Waals surface area contributed by atoms with Gasteiger partial charge in [-0.1, -0.05) is 0 Å². The Labute approximate surface area is 117 Å². The molecule has 0 amide bonds. The molecule has 0 atom stereocenters. The zero-order valence-corrected chi connectivity index (χ0v) is 12.6. The minimum atomic E-state index is 0.243. The van der Waals surface area contributed by atoms with Crippen LogP contribution in [0.25, 0.3) is 10.2 Å². The van der Waals surface area contributed by atoms with Gasteiger partial charge in [0.1, 0.15) is 10.6 Å². The van der Waals surface area contributed by atoms with Crippen LogP contribution in [0.3, 0.4) is 0 Å². The van der Waals surface area contributed by atoms with Gasteiger partial charge in [-0.15, -0.1) is 11.3 Å². The lowest BCUT2D eigenvalue weighted by atomic mass is 10.3. The van der Waals surface area contributed by atoms with Gasteiger partial charge in [-0.2, -0.15) is 4.98 Å². The molecule has 6 heteroatoms. The molecule has 2 N–H and O–H groups in total. The van der Waals surface area contributed by atoms with E-state index < -0.39 is 0 Å². The number of thiophene rings is 1. The lowest BCUT2D eigenvalue weighted by molar-refractivity contribution is 0.0845. The molecule has 2 aromatic heterocycles. The summed E-state index contributed by atoms with van der Waals surface area (Å²) >= 11 is 1.64. The second kappa shape index (κ2) is 5.71. The van der Waals surface area contributed by atoms with Crippen LogP contribution in [-0.4, -0.2) is 36.3 Å². The van der Waals surface area contributed by atoms with Gasteiger partial charge in [0.15, 0.2) is 0 Å². The number of hydrogen-bond donors (Lipinski definition) is 1. The normalized spacial score (nSPS) is 11.4. The van der Waals surface area contributed by atoms with Crippen molar-refractivity contribution in [1.82, 2.24) is 9.97 Å². The smallest absolute Gasteiger partial charge is 0.223 e. The topological polar surface area (TPSA) is 64.3 Å². The van der Waals surface area contributed by atoms with E-state index in [4.69, 9.17) is 10.5 Å². The summed E-state index contributed by atoms with van der Waals surface area (Å²) < 4.78 is 5.57. The van der Waals surface area contributed by atoms with Gasteiger partial charge in [0.2, 0.25) is 5.95 Å². The molecule has 104 valence electrons. The third-order valence-corrected chi connectivity index (χ3v) is 3.70. The number of aryl methyl sites for hydroxylation is 1. The summed E-state index contributed by atoms with van der Waals surface area (Å²) in [6.07, 6.45) is 0.243. The van der Waals surface area contributed by atoms with E-state index >= 15 is 0 Å². The van der Waals surface area contributed by atoms with Crippen molar-refractivity contribution in [1.29, 1.82) is 0 Å². The second-order valence-corrected chi connectivity index (χ2v) is 6.06. The van der Waals surface area contributed by atoms with Crippen molar-refractivity contribution in [3.63, 3.8) is 0 Å². The standard InChI is InChI=1S/C13H20N4OS/c1-8(2)18-6-5-17(4)11-10-7-9(3)19-12(10)16-13(14)15-11/h7-8H,5-6H2,1-4H3,(H2,14,15,16). The van der Waals surface area contributed by atoms with E-state index in [2.05, 4.69) is 27.9 Å². The first-order valence-corrected chi connectivity index (χ1v) is 7.15. The highest BCUT2D eigenvalue weighted by Gasteiger charge is 2.13. The molecule has 0 aliphatic heterocycles. The summed E-state index contributed by atoms with van der Waals surface area (Å²) in [6, 6.07) is 2.11. The molecule has 0 unspecified atom stereocenters. The van der Waals surface area contributed by atoms with E-state index in [0.717, 1.165) is 22.6 Å². The summed E-state index contributed by atoms with van der Waals surface area (Å²) in [7, 11) is 2.00. The number of aromatic nitrogens is 2. The quantitative estimate of drug-likeness (QED) is 0.911. The third kappa shape index (κ3) is 3.33. The van der Waals surface area contributed by atoms with Gasteiger partial charge in [0.05, 0.1) is 18.1 Å². The van der Waals surface area contributed by atoms with Crippen LogP contribution in [0.2, 0.25) is 0 Å². The molecule has 0 aliphatic carbocycles. The Balaban J connectivity index is 2.22. The fourth-order valence-electron chi connectivity index (χ4n) is 1.87. The number of ether oxygens (including phenoxy) is 1. The van der Waals surface area contributed by atoms with Crippen LogP contribution in [-0.2, 0) is 4.74 Å². The molecule has 0 radical (unpaired) electrons. The van der Waals surface area contributed by atoms with Crippen molar-refractivity contribution in [2.75, 3.05) is 30.8 Å². The summed E-state index contributed by atoms with van der Waals surface area (Å²) in [5.41, 5.74) is 5.78. The molecule has 5 nitrogen and oxygen atoms in total. The number of hydrogen-bond acceptors (Lipinski definition) is 6. The molecule has 19 heavy (non-hydrogen) atoms. The molecule has 0 aliphatic rings. The number of nitrogens with two attached hydrogens (primary N) is 1. The number of fused-ring (bicyclic) bond motifs is 1. The zero-order valence-electron chi connectivity index (χ0n) is 11.8. The molecule has 0 fully saturated rings. The van der Waals surface area contributed by atoms with E-state index in [1.807, 2.05) is 20.9 Å². The largest absolute Gasteiger partial charge is 0.377 e. The van der Waals surface area contributed by atoms with E-state index in [-0.39, 0.29) is 6.10 Å². The molecule has 2 heterocycles. The Kier molecular flexibility index (Phi) is 4.21. The average Bonchev–Trinajstić information content (AvgIpc) is 2.67. The summed E-state index contributed by atoms with van der Waals surface area (Å²) in [4.78, 5) is 12.8. The molecule has 0 saturated heterocycles. The first kappa shape index (κ1) is 14.0. The van der Waals surface area contributed by atoms with Crippen molar-refractivity contribution in [2.45, 2.75) is 26.9 Å². The minimum absolute atomic E-state index is 0.243. The molecule has 0 bridgehead atoms. The van der Waals surface area contributed by atoms with Crippen LogP contribution in [0.5, 0.6) is 0 Å². The number of rotatable bonds is 5. The molecular formula is C13H20N4OS. The van der Waals surface area contributed by atoms with Crippen molar-refractivity contribution in [3.05, 3.63) is 10.9 Å². The van der Waals surface area contributed by atoms with Crippen LogP contribution in [0, 0.1) is 6.92 Å². The lowest BCUT2D eigenvalue weighted by Gasteiger charge is -2.19. The van der Waals surface area contributed by atoms with Gasteiger partial charge in [-0.25, -0.2) is 4.98 Å². The molecule has 2 rings (SSSR count). The van der Waals surface area contributed by atoms with Crippen molar-refractivity contribution in [3.8, 4) is 0 Å². The molecule has 2 aromatic rings. The third-order valence-electron chi connectivity index (χ3n) is 2.75. The molecule has 0 aromatic carbocycles. The highest BCUT2D eigenvalue weighted by Crippen LogP contribution is 2.30. The first-order valence-electron chi connectivity index (χ1n) is 6.33. The maximum absolute atomic E-state index is 5.78. The van der Waals surface area contributed by atoms with E-state index in [9.17, 15) is 0 Å². The van der Waals surface area contributed by atoms with E-state index in [1.165, 1.54) is 4.88 Å². The predicted octanol–water partition coefficient (Wildman–Crippen LogP) is 2.44. The maximum atomic E-state index is 5.78. The number of likely N-dealkylation sites (N-methyl/N-ethyl adjacent to an activating group) is 1. The van der Waals surface area contributed by atoms with Crippen LogP contribution in [0.15, 0.2) is 6.07 Å². The Morgan fingerprint density at radius 2 is 2.16 bits per heavy atom. The van der Waals surface area contributed by atoms with Crippen molar-refractivity contribution >= 4 is 33.3 Å². The average molecular weight is 280 g/mol. The van der Waals surface area contributed by atoms with Gasteiger partial charge >= 0.3 is 0 Å². The van der Waals surface area contributed by atoms with Gasteiger partial charge in [-0.05, 0) is 26.8 Å². The summed E-state index contributed by atoms with van der Waals surface area (Å²) in [5.74, 6) is 1.19. The first-order chi connectivity index (χ1) is 8.97. The number of anilines is 2. The van der Waals surface area contributed by atoms with Gasteiger partial charge < -0.3 is 15.4 Å². The van der Waals surface area contributed by atoms with Crippen LogP contribution in [0.4, 0.5) is 11.8 Å². The molecular weight excluding hydrogens is 260 g/mol. The highest BCUT2D eigenvalue weighted by molar-refractivity contribution is 7.18. The number of nitrogen functional groups attached to an aromatic ring is 1. The van der Waals surface area contributed by atoms with Crippen LogP contribution < -0.4 is 10.6 Å². The Hall–Kier alpha value is -1.40. The highest BCUT2D eigenvalue weighted by atomic mass is 32.1. The Morgan fingerprint density at radius 1 is 1.42 bits per heavy atom. The van der Waals surface area contributed by atoms with Crippen LogP contribution in [0.1, 0.15) is 18.7 Å². The second-order valence-electron chi connectivity index (χ2n) is 4.82. The SMILES string of the molecule is Cc1cc2c(N(C)CCOC(C)C)nc(N)nc2s1. The van der Waals surface area contributed by atoms with Gasteiger partial charge in [0.25, 0.3) is 0 Å². The van der Waals surface area contributed by atoms with Gasteiger partial charge in [0, 0.05) is 18.5 Å². The Bertz CT molecular complexity index is 567.